The van der Waals surface area contributed by atoms with Gasteiger partial charge in [-0.25, -0.2) is 4.98 Å². The van der Waals surface area contributed by atoms with Crippen molar-refractivity contribution in [2.45, 2.75) is 58.5 Å². The van der Waals surface area contributed by atoms with E-state index in [0.717, 1.165) is 25.7 Å². The molecule has 1 aromatic rings. The highest BCUT2D eigenvalue weighted by Gasteiger charge is 2.42. The highest BCUT2D eigenvalue weighted by Crippen LogP contribution is 2.46. The molecule has 3 N–H and O–H groups in total. The minimum Gasteiger partial charge on any atom is -0.383 e. The van der Waals surface area contributed by atoms with Crippen LogP contribution in [0.1, 0.15) is 57.8 Å². The van der Waals surface area contributed by atoms with Crippen molar-refractivity contribution in [2.75, 3.05) is 12.8 Å². The normalized spacial score (nSPS) is 20.8. The second-order valence-electron chi connectivity index (χ2n) is 6.49. The summed E-state index contributed by atoms with van der Waals surface area (Å²) in [4.78, 5) is 19.4. The van der Waals surface area contributed by atoms with E-state index in [1.807, 2.05) is 6.92 Å². The first kappa shape index (κ1) is 15.0. The van der Waals surface area contributed by atoms with Gasteiger partial charge in [0.05, 0.1) is 5.56 Å². The fourth-order valence-corrected chi connectivity index (χ4v) is 2.94. The molecule has 20 heavy (non-hydrogen) atoms. The number of anilines is 1. The van der Waals surface area contributed by atoms with E-state index in [0.29, 0.717) is 29.0 Å². The van der Waals surface area contributed by atoms with Crippen LogP contribution in [0, 0.1) is 5.41 Å². The molecule has 0 spiro atoms. The smallest absolute Gasteiger partial charge is 0.256 e. The van der Waals surface area contributed by atoms with Gasteiger partial charge in [0.1, 0.15) is 17.2 Å². The van der Waals surface area contributed by atoms with E-state index in [1.165, 1.54) is 0 Å². The molecule has 112 valence electrons. The van der Waals surface area contributed by atoms with Crippen LogP contribution in [0.3, 0.4) is 0 Å². The third-order valence-corrected chi connectivity index (χ3v) is 4.63. The maximum atomic E-state index is 12.1. The molecule has 1 heterocycles. The van der Waals surface area contributed by atoms with Gasteiger partial charge in [-0.1, -0.05) is 20.8 Å². The van der Waals surface area contributed by atoms with E-state index < -0.39 is 5.60 Å². The number of methoxy groups -OCH3 is 1. The van der Waals surface area contributed by atoms with Gasteiger partial charge in [0, 0.05) is 7.11 Å². The maximum Gasteiger partial charge on any atom is 0.256 e. The average molecular weight is 279 g/mol. The molecule has 0 aliphatic heterocycles. The summed E-state index contributed by atoms with van der Waals surface area (Å²) < 4.78 is 5.75. The summed E-state index contributed by atoms with van der Waals surface area (Å²) in [5.41, 5.74) is 6.14. The fourth-order valence-electron chi connectivity index (χ4n) is 2.94. The first-order valence-corrected chi connectivity index (χ1v) is 7.28. The molecule has 0 radical (unpaired) electrons. The SMILES string of the molecule is CCc1c(N)nc(C2(OC)CCC(C)(C)CC2)[nH]c1=O. The highest BCUT2D eigenvalue weighted by atomic mass is 16.5. The van der Waals surface area contributed by atoms with Crippen LogP contribution >= 0.6 is 0 Å². The zero-order chi connectivity index (χ0) is 15.0. The van der Waals surface area contributed by atoms with Gasteiger partial charge >= 0.3 is 0 Å². The van der Waals surface area contributed by atoms with Crippen LogP contribution in [0.2, 0.25) is 0 Å². The molecule has 0 aromatic carbocycles. The van der Waals surface area contributed by atoms with E-state index in [-0.39, 0.29) is 5.56 Å². The van der Waals surface area contributed by atoms with Crippen LogP contribution < -0.4 is 11.3 Å². The Balaban J connectivity index is 2.41. The van der Waals surface area contributed by atoms with Gasteiger partial charge in [-0.15, -0.1) is 0 Å². The minimum atomic E-state index is -0.505. The van der Waals surface area contributed by atoms with Gasteiger partial charge in [-0.05, 0) is 37.5 Å². The molecule has 1 aliphatic rings. The number of rotatable bonds is 3. The first-order chi connectivity index (χ1) is 9.33. The molecular formula is C15H25N3O2. The van der Waals surface area contributed by atoms with Crippen molar-refractivity contribution in [1.29, 1.82) is 0 Å². The van der Waals surface area contributed by atoms with Crippen LogP contribution in [-0.2, 0) is 16.8 Å². The van der Waals surface area contributed by atoms with Crippen LogP contribution in [-0.4, -0.2) is 17.1 Å². The van der Waals surface area contributed by atoms with E-state index >= 15 is 0 Å². The number of H-pyrrole nitrogens is 1. The lowest BCUT2D eigenvalue weighted by atomic mass is 9.70. The topological polar surface area (TPSA) is 81.0 Å². The lowest BCUT2D eigenvalue weighted by Gasteiger charge is -2.41. The summed E-state index contributed by atoms with van der Waals surface area (Å²) >= 11 is 0. The zero-order valence-corrected chi connectivity index (χ0v) is 12.9. The largest absolute Gasteiger partial charge is 0.383 e. The van der Waals surface area contributed by atoms with E-state index in [9.17, 15) is 4.79 Å². The molecule has 1 aromatic heterocycles. The standard InChI is InChI=1S/C15H25N3O2/c1-5-10-11(16)17-13(18-12(10)19)15(20-4)8-6-14(2,3)7-9-15/h5-9H2,1-4H3,(H3,16,17,18,19). The Morgan fingerprint density at radius 1 is 1.30 bits per heavy atom. The molecule has 0 atom stereocenters. The van der Waals surface area contributed by atoms with E-state index in [4.69, 9.17) is 10.5 Å². The Morgan fingerprint density at radius 3 is 2.35 bits per heavy atom. The molecule has 5 nitrogen and oxygen atoms in total. The predicted molar refractivity (Wildman–Crippen MR) is 79.6 cm³/mol. The molecule has 2 rings (SSSR count). The molecule has 0 bridgehead atoms. The molecule has 5 heteroatoms. The quantitative estimate of drug-likeness (QED) is 0.890. The lowest BCUT2D eigenvalue weighted by molar-refractivity contribution is -0.0730. The number of aromatic nitrogens is 2. The highest BCUT2D eigenvalue weighted by molar-refractivity contribution is 5.38. The molecule has 1 aliphatic carbocycles. The Bertz CT molecular complexity index is 539. The monoisotopic (exact) mass is 279 g/mol. The van der Waals surface area contributed by atoms with Crippen molar-refractivity contribution in [1.82, 2.24) is 9.97 Å². The molecular weight excluding hydrogens is 254 g/mol. The fraction of sp³-hybridized carbons (Fsp3) is 0.733. The van der Waals surface area contributed by atoms with Gasteiger partial charge < -0.3 is 15.5 Å². The molecule has 1 fully saturated rings. The maximum absolute atomic E-state index is 12.1. The Hall–Kier alpha value is -1.36. The van der Waals surface area contributed by atoms with Crippen LogP contribution in [0.4, 0.5) is 5.82 Å². The number of nitrogens with one attached hydrogen (secondary N) is 1. The number of aromatic amines is 1. The number of hydrogen-bond donors (Lipinski definition) is 2. The van der Waals surface area contributed by atoms with Gasteiger partial charge in [0.2, 0.25) is 0 Å². The van der Waals surface area contributed by atoms with Crippen molar-refractivity contribution in [3.63, 3.8) is 0 Å². The van der Waals surface area contributed by atoms with E-state index in [2.05, 4.69) is 23.8 Å². The van der Waals surface area contributed by atoms with Crippen LogP contribution in [0.5, 0.6) is 0 Å². The average Bonchev–Trinajstić information content (AvgIpc) is 2.39. The zero-order valence-electron chi connectivity index (χ0n) is 12.9. The molecule has 0 unspecified atom stereocenters. The number of nitrogen functional groups attached to an aromatic ring is 1. The van der Waals surface area contributed by atoms with Gasteiger partial charge in [-0.3, -0.25) is 4.79 Å². The minimum absolute atomic E-state index is 0.142. The van der Waals surface area contributed by atoms with Gasteiger partial charge in [0.15, 0.2) is 0 Å². The number of nitrogens with two attached hydrogens (primary N) is 1. The molecule has 0 amide bonds. The second-order valence-corrected chi connectivity index (χ2v) is 6.49. The summed E-state index contributed by atoms with van der Waals surface area (Å²) in [5.74, 6) is 0.905. The van der Waals surface area contributed by atoms with Crippen LogP contribution in [0.25, 0.3) is 0 Å². The summed E-state index contributed by atoms with van der Waals surface area (Å²) in [6, 6.07) is 0. The lowest BCUT2D eigenvalue weighted by Crippen LogP contribution is -2.39. The molecule has 1 saturated carbocycles. The van der Waals surface area contributed by atoms with Crippen LogP contribution in [0.15, 0.2) is 4.79 Å². The third kappa shape index (κ3) is 2.59. The summed E-state index contributed by atoms with van der Waals surface area (Å²) in [6.07, 6.45) is 4.37. The number of nitrogens with zero attached hydrogens (tertiary/aromatic N) is 1. The van der Waals surface area contributed by atoms with Crippen molar-refractivity contribution in [3.05, 3.63) is 21.7 Å². The number of hydrogen-bond acceptors (Lipinski definition) is 4. The Labute approximate surface area is 119 Å². The first-order valence-electron chi connectivity index (χ1n) is 7.28. The summed E-state index contributed by atoms with van der Waals surface area (Å²) in [5, 5.41) is 0. The molecule has 0 saturated heterocycles. The van der Waals surface area contributed by atoms with Gasteiger partial charge in [-0.2, -0.15) is 0 Å². The van der Waals surface area contributed by atoms with Gasteiger partial charge in [0.25, 0.3) is 5.56 Å². The number of ether oxygens (including phenoxy) is 1. The Kier molecular flexibility index (Phi) is 3.91. The summed E-state index contributed by atoms with van der Waals surface area (Å²) in [6.45, 7) is 6.42. The van der Waals surface area contributed by atoms with Crippen molar-refractivity contribution < 1.29 is 4.74 Å². The third-order valence-electron chi connectivity index (χ3n) is 4.63. The second kappa shape index (κ2) is 5.20. The summed E-state index contributed by atoms with van der Waals surface area (Å²) in [7, 11) is 1.68. The predicted octanol–water partition coefficient (Wildman–Crippen LogP) is 2.36. The van der Waals surface area contributed by atoms with Crippen molar-refractivity contribution in [2.24, 2.45) is 5.41 Å². The van der Waals surface area contributed by atoms with E-state index in [1.54, 1.807) is 7.11 Å². The Morgan fingerprint density at radius 2 is 1.90 bits per heavy atom. The van der Waals surface area contributed by atoms with Crippen molar-refractivity contribution in [3.8, 4) is 0 Å². The van der Waals surface area contributed by atoms with Crippen molar-refractivity contribution >= 4 is 5.82 Å².